The number of hydrogen-bond acceptors (Lipinski definition) is 6. The first-order valence-electron chi connectivity index (χ1n) is 8.98. The molecule has 0 unspecified atom stereocenters. The smallest absolute Gasteiger partial charge is 0.293 e. The lowest BCUT2D eigenvalue weighted by Gasteiger charge is -2.26. The number of sulfonamides is 1. The van der Waals surface area contributed by atoms with E-state index in [4.69, 9.17) is 0 Å². The highest BCUT2D eigenvalue weighted by Gasteiger charge is 2.33. The van der Waals surface area contributed by atoms with Crippen LogP contribution in [0.2, 0.25) is 0 Å². The van der Waals surface area contributed by atoms with E-state index in [9.17, 15) is 18.5 Å². The van der Waals surface area contributed by atoms with Crippen LogP contribution in [-0.4, -0.2) is 37.3 Å². The van der Waals surface area contributed by atoms with Crippen molar-refractivity contribution in [2.75, 3.05) is 24.5 Å². The number of thiophene rings is 1. The first-order chi connectivity index (χ1) is 12.9. The Morgan fingerprint density at radius 1 is 1.30 bits per heavy atom. The summed E-state index contributed by atoms with van der Waals surface area (Å²) in [5.74, 6) is 0. The summed E-state index contributed by atoms with van der Waals surface area (Å²) in [5, 5.41) is 13.7. The van der Waals surface area contributed by atoms with E-state index in [2.05, 4.69) is 0 Å². The normalized spacial score (nSPS) is 17.6. The van der Waals surface area contributed by atoms with Gasteiger partial charge in [-0.25, -0.2) is 8.42 Å². The molecule has 0 amide bonds. The number of benzene rings is 1. The molecule has 7 nitrogen and oxygen atoms in total. The molecule has 1 fully saturated rings. The zero-order chi connectivity index (χ0) is 19.6. The van der Waals surface area contributed by atoms with Gasteiger partial charge in [0, 0.05) is 30.6 Å². The Balaban J connectivity index is 2.04. The van der Waals surface area contributed by atoms with E-state index in [1.165, 1.54) is 21.3 Å². The van der Waals surface area contributed by atoms with Crippen LogP contribution in [0.3, 0.4) is 0 Å². The second-order valence-corrected chi connectivity index (χ2v) is 9.28. The Hall–Kier alpha value is -1.97. The van der Waals surface area contributed by atoms with Crippen molar-refractivity contribution < 1.29 is 13.3 Å². The van der Waals surface area contributed by atoms with Gasteiger partial charge in [-0.1, -0.05) is 19.9 Å². The van der Waals surface area contributed by atoms with Gasteiger partial charge in [0.15, 0.2) is 0 Å². The van der Waals surface area contributed by atoms with Crippen LogP contribution in [0.5, 0.6) is 0 Å². The summed E-state index contributed by atoms with van der Waals surface area (Å²) < 4.78 is 26.8. The van der Waals surface area contributed by atoms with Crippen molar-refractivity contribution in [2.24, 2.45) is 0 Å². The Morgan fingerprint density at radius 3 is 2.63 bits per heavy atom. The molecule has 1 aliphatic heterocycles. The van der Waals surface area contributed by atoms with Gasteiger partial charge in [0.25, 0.3) is 5.69 Å². The van der Waals surface area contributed by atoms with Crippen molar-refractivity contribution >= 4 is 32.7 Å². The topological polar surface area (TPSA) is 83.8 Å². The van der Waals surface area contributed by atoms with Gasteiger partial charge < -0.3 is 4.90 Å². The number of nitro groups is 1. The Kier molecular flexibility index (Phi) is 5.83. The molecule has 1 aromatic carbocycles. The fourth-order valence-corrected chi connectivity index (χ4v) is 5.95. The van der Waals surface area contributed by atoms with Crippen LogP contribution in [0.25, 0.3) is 0 Å². The molecular formula is C18H23N3O4S2. The number of hydrogen-bond donors (Lipinski definition) is 0. The highest BCUT2D eigenvalue weighted by atomic mass is 32.2. The molecule has 0 saturated carbocycles. The molecule has 0 spiro atoms. The maximum atomic E-state index is 12.7. The minimum Gasteiger partial charge on any atom is -0.358 e. The van der Waals surface area contributed by atoms with E-state index >= 15 is 0 Å². The van der Waals surface area contributed by atoms with Crippen LogP contribution in [0, 0.1) is 10.1 Å². The monoisotopic (exact) mass is 409 g/mol. The third-order valence-electron chi connectivity index (χ3n) is 4.92. The van der Waals surface area contributed by atoms with Gasteiger partial charge >= 0.3 is 0 Å². The molecule has 1 aliphatic rings. The standard InChI is InChI=1S/C18H23N3O4S2/c1-3-19(4-2)27(24,25)14-9-10-15(17(13-14)21(22)23)20-11-5-7-16(20)18-8-6-12-26-18/h6,8-10,12-13,16H,3-5,7,11H2,1-2H3/t16-/m0/s1. The van der Waals surface area contributed by atoms with Crippen molar-refractivity contribution in [1.82, 2.24) is 4.31 Å². The Morgan fingerprint density at radius 2 is 2.04 bits per heavy atom. The molecule has 3 rings (SSSR count). The second-order valence-electron chi connectivity index (χ2n) is 6.36. The van der Waals surface area contributed by atoms with Gasteiger partial charge in [-0.05, 0) is 36.4 Å². The minimum atomic E-state index is -3.74. The summed E-state index contributed by atoms with van der Waals surface area (Å²) >= 11 is 1.64. The van der Waals surface area contributed by atoms with E-state index in [0.29, 0.717) is 25.3 Å². The molecule has 2 heterocycles. The minimum absolute atomic E-state index is 0.0338. The fraction of sp³-hybridized carbons (Fsp3) is 0.444. The van der Waals surface area contributed by atoms with E-state index in [0.717, 1.165) is 12.8 Å². The molecule has 0 N–H and O–H groups in total. The molecule has 1 atom stereocenters. The number of nitro benzene ring substituents is 1. The molecule has 2 aromatic rings. The number of rotatable bonds is 7. The van der Waals surface area contributed by atoms with Gasteiger partial charge in [0.2, 0.25) is 10.0 Å². The van der Waals surface area contributed by atoms with Gasteiger partial charge in [0.1, 0.15) is 5.69 Å². The Bertz CT molecular complexity index is 909. The summed E-state index contributed by atoms with van der Waals surface area (Å²) in [7, 11) is -3.74. The SMILES string of the molecule is CCN(CC)S(=O)(=O)c1ccc(N2CCC[C@H]2c2cccs2)c([N+](=O)[O-])c1. The molecule has 1 aromatic heterocycles. The van der Waals surface area contributed by atoms with Crippen LogP contribution in [0.4, 0.5) is 11.4 Å². The zero-order valence-corrected chi connectivity index (χ0v) is 17.0. The molecule has 0 radical (unpaired) electrons. The van der Waals surface area contributed by atoms with Gasteiger partial charge in [-0.3, -0.25) is 10.1 Å². The molecule has 1 saturated heterocycles. The molecular weight excluding hydrogens is 386 g/mol. The predicted molar refractivity (Wildman–Crippen MR) is 107 cm³/mol. The van der Waals surface area contributed by atoms with Crippen LogP contribution in [0.1, 0.15) is 37.6 Å². The Labute approximate surface area is 163 Å². The highest BCUT2D eigenvalue weighted by molar-refractivity contribution is 7.89. The van der Waals surface area contributed by atoms with Crippen molar-refractivity contribution in [1.29, 1.82) is 0 Å². The lowest BCUT2D eigenvalue weighted by molar-refractivity contribution is -0.384. The van der Waals surface area contributed by atoms with Crippen molar-refractivity contribution in [3.05, 3.63) is 50.7 Å². The third-order valence-corrected chi connectivity index (χ3v) is 7.94. The van der Waals surface area contributed by atoms with Crippen LogP contribution in [0.15, 0.2) is 40.6 Å². The summed E-state index contributed by atoms with van der Waals surface area (Å²) in [6.07, 6.45) is 1.87. The third kappa shape index (κ3) is 3.71. The summed E-state index contributed by atoms with van der Waals surface area (Å²) in [5.41, 5.74) is 0.320. The summed E-state index contributed by atoms with van der Waals surface area (Å²) in [6.45, 7) is 4.85. The lowest BCUT2D eigenvalue weighted by atomic mass is 10.1. The lowest BCUT2D eigenvalue weighted by Crippen LogP contribution is -2.30. The molecule has 0 aliphatic carbocycles. The zero-order valence-electron chi connectivity index (χ0n) is 15.4. The molecule has 9 heteroatoms. The van der Waals surface area contributed by atoms with Crippen molar-refractivity contribution in [2.45, 2.75) is 37.6 Å². The summed E-state index contributed by atoms with van der Waals surface area (Å²) in [6, 6.07) is 8.38. The van der Waals surface area contributed by atoms with Crippen LogP contribution in [-0.2, 0) is 10.0 Å². The number of anilines is 1. The number of nitrogens with zero attached hydrogens (tertiary/aromatic N) is 3. The predicted octanol–water partition coefficient (Wildman–Crippen LogP) is 4.03. The van der Waals surface area contributed by atoms with Gasteiger partial charge in [-0.2, -0.15) is 4.31 Å². The van der Waals surface area contributed by atoms with E-state index < -0.39 is 14.9 Å². The fourth-order valence-electron chi connectivity index (χ4n) is 3.60. The van der Waals surface area contributed by atoms with E-state index in [-0.39, 0.29) is 16.6 Å². The summed E-state index contributed by atoms with van der Waals surface area (Å²) in [4.78, 5) is 14.4. The van der Waals surface area contributed by atoms with Gasteiger partial charge in [0.05, 0.1) is 15.9 Å². The largest absolute Gasteiger partial charge is 0.358 e. The van der Waals surface area contributed by atoms with Crippen molar-refractivity contribution in [3.8, 4) is 0 Å². The maximum Gasteiger partial charge on any atom is 0.293 e. The molecule has 27 heavy (non-hydrogen) atoms. The van der Waals surface area contributed by atoms with Crippen LogP contribution < -0.4 is 4.90 Å². The quantitative estimate of drug-likeness (QED) is 0.509. The van der Waals surface area contributed by atoms with Crippen molar-refractivity contribution in [3.63, 3.8) is 0 Å². The highest BCUT2D eigenvalue weighted by Crippen LogP contribution is 2.42. The van der Waals surface area contributed by atoms with Crippen LogP contribution >= 0.6 is 11.3 Å². The average Bonchev–Trinajstić information content (AvgIpc) is 3.33. The molecule has 146 valence electrons. The second kappa shape index (κ2) is 7.95. The molecule has 0 bridgehead atoms. The van der Waals surface area contributed by atoms with Gasteiger partial charge in [-0.15, -0.1) is 11.3 Å². The first kappa shape index (κ1) is 19.8. The maximum absolute atomic E-state index is 12.7. The first-order valence-corrected chi connectivity index (χ1v) is 11.3. The average molecular weight is 410 g/mol. The van der Waals surface area contributed by atoms with E-state index in [1.807, 2.05) is 22.4 Å². The van der Waals surface area contributed by atoms with E-state index in [1.54, 1.807) is 31.3 Å².